The molecule has 8 heteroatoms. The lowest BCUT2D eigenvalue weighted by atomic mass is 9.89. The Morgan fingerprint density at radius 1 is 1.31 bits per heavy atom. The van der Waals surface area contributed by atoms with E-state index < -0.39 is 11.2 Å². The number of rotatable bonds is 8. The van der Waals surface area contributed by atoms with E-state index in [9.17, 15) is 14.4 Å². The first kappa shape index (κ1) is 20.1. The molecular weight excluding hydrogens is 334 g/mol. The number of likely N-dealkylation sites (N-methyl/N-ethyl adjacent to an activating group) is 1. The molecule has 1 aromatic rings. The lowest BCUT2D eigenvalue weighted by molar-refractivity contribution is -0.119. The molecule has 1 heterocycles. The molecule has 4 N–H and O–H groups in total. The molecule has 26 heavy (non-hydrogen) atoms. The highest BCUT2D eigenvalue weighted by atomic mass is 16.2. The summed E-state index contributed by atoms with van der Waals surface area (Å²) in [7, 11) is 1.63. The van der Waals surface area contributed by atoms with Crippen molar-refractivity contribution in [2.24, 2.45) is 5.92 Å². The zero-order chi connectivity index (χ0) is 19.1. The number of anilines is 2. The van der Waals surface area contributed by atoms with E-state index in [1.54, 1.807) is 7.05 Å². The topological polar surface area (TPSA) is 113 Å². The second-order valence-electron chi connectivity index (χ2n) is 7.16. The standard InChI is InChI=1S/C18H31N5O3/c1-3-4-10-23-16(19)15(17(25)21-18(23)26)22(2)12-14(24)20-11-13-8-6-5-7-9-13/h13H,3-12,19H2,1-2H3,(H,20,24)(H,21,25,26). The largest absolute Gasteiger partial charge is 0.383 e. The van der Waals surface area contributed by atoms with Crippen molar-refractivity contribution < 1.29 is 4.79 Å². The molecule has 1 saturated carbocycles. The molecule has 8 nitrogen and oxygen atoms in total. The van der Waals surface area contributed by atoms with Gasteiger partial charge in [-0.1, -0.05) is 32.6 Å². The maximum atomic E-state index is 12.2. The normalized spacial score (nSPS) is 15.0. The maximum absolute atomic E-state index is 12.2. The first-order valence-corrected chi connectivity index (χ1v) is 9.54. The summed E-state index contributed by atoms with van der Waals surface area (Å²) in [6, 6.07) is 0. The monoisotopic (exact) mass is 365 g/mol. The van der Waals surface area contributed by atoms with E-state index in [2.05, 4.69) is 10.3 Å². The second kappa shape index (κ2) is 9.45. The predicted octanol–water partition coefficient (Wildman–Crippen LogP) is 1.05. The van der Waals surface area contributed by atoms with Gasteiger partial charge in [0.1, 0.15) is 11.5 Å². The van der Waals surface area contributed by atoms with E-state index in [-0.39, 0.29) is 24.0 Å². The van der Waals surface area contributed by atoms with Gasteiger partial charge in [-0.3, -0.25) is 19.1 Å². The maximum Gasteiger partial charge on any atom is 0.330 e. The smallest absolute Gasteiger partial charge is 0.330 e. The molecule has 0 radical (unpaired) electrons. The van der Waals surface area contributed by atoms with E-state index in [0.717, 1.165) is 25.7 Å². The van der Waals surface area contributed by atoms with Crippen LogP contribution in [0.4, 0.5) is 11.5 Å². The van der Waals surface area contributed by atoms with Crippen molar-refractivity contribution >= 4 is 17.4 Å². The average Bonchev–Trinajstić information content (AvgIpc) is 2.60. The number of hydrogen-bond acceptors (Lipinski definition) is 5. The van der Waals surface area contributed by atoms with Crippen LogP contribution in [0.25, 0.3) is 0 Å². The third-order valence-corrected chi connectivity index (χ3v) is 5.02. The van der Waals surface area contributed by atoms with Crippen LogP contribution < -0.4 is 27.2 Å². The summed E-state index contributed by atoms with van der Waals surface area (Å²) in [5, 5.41) is 2.95. The Morgan fingerprint density at radius 3 is 2.65 bits per heavy atom. The lowest BCUT2D eigenvalue weighted by Crippen LogP contribution is -2.42. The van der Waals surface area contributed by atoms with Gasteiger partial charge in [-0.25, -0.2) is 4.79 Å². The molecule has 0 aromatic carbocycles. The van der Waals surface area contributed by atoms with Gasteiger partial charge in [-0.2, -0.15) is 0 Å². The van der Waals surface area contributed by atoms with Crippen LogP contribution in [0.5, 0.6) is 0 Å². The predicted molar refractivity (Wildman–Crippen MR) is 103 cm³/mol. The van der Waals surface area contributed by atoms with Crippen LogP contribution >= 0.6 is 0 Å². The Labute approximate surface area is 153 Å². The zero-order valence-corrected chi connectivity index (χ0v) is 15.8. The molecule has 0 unspecified atom stereocenters. The SMILES string of the molecule is CCCCn1c(N)c(N(C)CC(=O)NCC2CCCCC2)c(=O)[nH]c1=O. The van der Waals surface area contributed by atoms with E-state index >= 15 is 0 Å². The van der Waals surface area contributed by atoms with Crippen LogP contribution in [-0.4, -0.2) is 35.6 Å². The van der Waals surface area contributed by atoms with Crippen molar-refractivity contribution in [3.63, 3.8) is 0 Å². The fraction of sp³-hybridized carbons (Fsp3) is 0.722. The lowest BCUT2D eigenvalue weighted by Gasteiger charge is -2.24. The number of unbranched alkanes of at least 4 members (excludes halogenated alkanes) is 1. The van der Waals surface area contributed by atoms with Gasteiger partial charge in [0.2, 0.25) is 5.91 Å². The van der Waals surface area contributed by atoms with Crippen molar-refractivity contribution in [3.8, 4) is 0 Å². The Morgan fingerprint density at radius 2 is 2.00 bits per heavy atom. The minimum Gasteiger partial charge on any atom is -0.383 e. The highest BCUT2D eigenvalue weighted by Crippen LogP contribution is 2.22. The summed E-state index contributed by atoms with van der Waals surface area (Å²) < 4.78 is 1.36. The summed E-state index contributed by atoms with van der Waals surface area (Å²) in [4.78, 5) is 40.2. The molecule has 2 rings (SSSR count). The number of carbonyl (C=O) groups excluding carboxylic acids is 1. The number of nitrogens with two attached hydrogens (primary N) is 1. The van der Waals surface area contributed by atoms with Crippen LogP contribution in [-0.2, 0) is 11.3 Å². The van der Waals surface area contributed by atoms with Gasteiger partial charge in [-0.15, -0.1) is 0 Å². The molecule has 1 aromatic heterocycles. The molecule has 0 atom stereocenters. The highest BCUT2D eigenvalue weighted by molar-refractivity contribution is 5.82. The Balaban J connectivity index is 2.03. The molecule has 0 saturated heterocycles. The highest BCUT2D eigenvalue weighted by Gasteiger charge is 2.19. The van der Waals surface area contributed by atoms with Crippen LogP contribution in [0.3, 0.4) is 0 Å². The molecule has 1 fully saturated rings. The van der Waals surface area contributed by atoms with E-state index in [1.165, 1.54) is 28.7 Å². The second-order valence-corrected chi connectivity index (χ2v) is 7.16. The summed E-state index contributed by atoms with van der Waals surface area (Å²) in [6.45, 7) is 3.14. The Kier molecular flexibility index (Phi) is 7.29. The van der Waals surface area contributed by atoms with Gasteiger partial charge in [0, 0.05) is 20.1 Å². The number of hydrogen-bond donors (Lipinski definition) is 3. The van der Waals surface area contributed by atoms with Crippen LogP contribution in [0.15, 0.2) is 9.59 Å². The van der Waals surface area contributed by atoms with Crippen molar-refractivity contribution in [2.45, 2.75) is 58.4 Å². The number of carbonyl (C=O) groups is 1. The van der Waals surface area contributed by atoms with Crippen LogP contribution in [0.2, 0.25) is 0 Å². The quantitative estimate of drug-likeness (QED) is 0.637. The summed E-state index contributed by atoms with van der Waals surface area (Å²) in [6.07, 6.45) is 7.73. The van der Waals surface area contributed by atoms with Gasteiger partial charge < -0.3 is 16.0 Å². The fourth-order valence-electron chi connectivity index (χ4n) is 3.48. The average molecular weight is 365 g/mol. The first-order chi connectivity index (χ1) is 12.4. The van der Waals surface area contributed by atoms with Gasteiger partial charge in [0.25, 0.3) is 5.56 Å². The van der Waals surface area contributed by atoms with Gasteiger partial charge >= 0.3 is 5.69 Å². The molecule has 1 aliphatic carbocycles. The van der Waals surface area contributed by atoms with Crippen LogP contribution in [0.1, 0.15) is 51.9 Å². The van der Waals surface area contributed by atoms with Crippen molar-refractivity contribution in [3.05, 3.63) is 20.8 Å². The number of aromatic nitrogens is 2. The summed E-state index contributed by atoms with van der Waals surface area (Å²) in [5.41, 5.74) is 5.14. The molecule has 0 spiro atoms. The Hall–Kier alpha value is -2.25. The van der Waals surface area contributed by atoms with Crippen molar-refractivity contribution in [1.29, 1.82) is 0 Å². The number of aromatic amines is 1. The van der Waals surface area contributed by atoms with Crippen molar-refractivity contribution in [1.82, 2.24) is 14.9 Å². The molecular formula is C18H31N5O3. The molecule has 1 amide bonds. The number of H-pyrrole nitrogens is 1. The molecule has 1 aliphatic rings. The number of nitrogens with one attached hydrogen (secondary N) is 2. The molecule has 0 bridgehead atoms. The fourth-order valence-corrected chi connectivity index (χ4v) is 3.48. The van der Waals surface area contributed by atoms with E-state index in [0.29, 0.717) is 19.0 Å². The van der Waals surface area contributed by atoms with Crippen molar-refractivity contribution in [2.75, 3.05) is 30.8 Å². The Bertz CT molecular complexity index is 719. The third kappa shape index (κ3) is 5.12. The minimum absolute atomic E-state index is 0.0198. The van der Waals surface area contributed by atoms with Gasteiger partial charge in [0.05, 0.1) is 6.54 Å². The van der Waals surface area contributed by atoms with Gasteiger partial charge in [-0.05, 0) is 25.2 Å². The summed E-state index contributed by atoms with van der Waals surface area (Å²) >= 11 is 0. The van der Waals surface area contributed by atoms with E-state index in [1.807, 2.05) is 6.92 Å². The molecule has 146 valence electrons. The minimum atomic E-state index is -0.567. The summed E-state index contributed by atoms with van der Waals surface area (Å²) in [5.74, 6) is 0.500. The number of nitrogens with zero attached hydrogens (tertiary/aromatic N) is 2. The van der Waals surface area contributed by atoms with E-state index in [4.69, 9.17) is 5.73 Å². The molecule has 0 aliphatic heterocycles. The first-order valence-electron chi connectivity index (χ1n) is 9.54. The number of amides is 1. The zero-order valence-electron chi connectivity index (χ0n) is 15.8. The van der Waals surface area contributed by atoms with Gasteiger partial charge in [0.15, 0.2) is 0 Å². The number of nitrogen functional groups attached to an aromatic ring is 1. The van der Waals surface area contributed by atoms with Crippen LogP contribution in [0, 0.1) is 5.92 Å². The third-order valence-electron chi connectivity index (χ3n) is 5.02.